The molecule has 2 rings (SSSR count). The number of hydrogen-bond donors (Lipinski definition) is 1. The van der Waals surface area contributed by atoms with Gasteiger partial charge in [-0.1, -0.05) is 24.3 Å². The fraction of sp³-hybridized carbons (Fsp3) is 0.385. The molecule has 0 saturated heterocycles. The summed E-state index contributed by atoms with van der Waals surface area (Å²) in [7, 11) is 1.76. The molecule has 0 amide bonds. The van der Waals surface area contributed by atoms with E-state index < -0.39 is 6.36 Å². The van der Waals surface area contributed by atoms with Crippen molar-refractivity contribution in [1.29, 1.82) is 0 Å². The molecule has 1 aromatic carbocycles. The minimum absolute atomic E-state index is 0.199. The predicted molar refractivity (Wildman–Crippen MR) is 69.6 cm³/mol. The lowest BCUT2D eigenvalue weighted by molar-refractivity contribution is -0.274. The number of benzene rings is 1. The Bertz CT molecular complexity index is 580. The van der Waals surface area contributed by atoms with E-state index in [1.807, 2.05) is 6.92 Å². The van der Waals surface area contributed by atoms with E-state index in [-0.39, 0.29) is 11.8 Å². The van der Waals surface area contributed by atoms with Gasteiger partial charge in [-0.25, -0.2) is 0 Å². The normalized spacial score (nSPS) is 13.2. The first-order chi connectivity index (χ1) is 9.90. The van der Waals surface area contributed by atoms with Gasteiger partial charge in [-0.2, -0.15) is 0 Å². The molecule has 1 heterocycles. The average molecular weight is 300 g/mol. The number of aromatic nitrogens is 3. The summed E-state index contributed by atoms with van der Waals surface area (Å²) in [6.07, 6.45) is -3.07. The van der Waals surface area contributed by atoms with Gasteiger partial charge in [0.1, 0.15) is 5.75 Å². The molecule has 0 aliphatic rings. The molecular weight excluding hydrogens is 285 g/mol. The van der Waals surface area contributed by atoms with Gasteiger partial charge in [0.15, 0.2) is 0 Å². The zero-order chi connectivity index (χ0) is 15.5. The minimum atomic E-state index is -4.69. The molecule has 1 N–H and O–H groups in total. The van der Waals surface area contributed by atoms with Gasteiger partial charge in [-0.05, 0) is 24.2 Å². The SMILES string of the molecule is CCNC(c1ccc(OC(F)(F)F)cc1)c1cnnn1C. The molecule has 0 bridgehead atoms. The maximum Gasteiger partial charge on any atom is 0.573 e. The fourth-order valence-electron chi connectivity index (χ4n) is 2.02. The molecule has 1 atom stereocenters. The highest BCUT2D eigenvalue weighted by Crippen LogP contribution is 2.26. The van der Waals surface area contributed by atoms with Gasteiger partial charge in [0.25, 0.3) is 0 Å². The number of rotatable bonds is 5. The van der Waals surface area contributed by atoms with Crippen LogP contribution in [0.4, 0.5) is 13.2 Å². The fourth-order valence-corrected chi connectivity index (χ4v) is 2.02. The van der Waals surface area contributed by atoms with E-state index in [0.29, 0.717) is 6.54 Å². The Kier molecular flexibility index (Phi) is 4.46. The van der Waals surface area contributed by atoms with Gasteiger partial charge < -0.3 is 10.1 Å². The van der Waals surface area contributed by atoms with Crippen LogP contribution in [-0.4, -0.2) is 27.9 Å². The lowest BCUT2D eigenvalue weighted by atomic mass is 10.0. The summed E-state index contributed by atoms with van der Waals surface area (Å²) in [6.45, 7) is 2.63. The number of aryl methyl sites for hydroxylation is 1. The van der Waals surface area contributed by atoms with Gasteiger partial charge in [-0.3, -0.25) is 4.68 Å². The third-order valence-corrected chi connectivity index (χ3v) is 2.90. The largest absolute Gasteiger partial charge is 0.573 e. The Balaban J connectivity index is 2.24. The second-order valence-corrected chi connectivity index (χ2v) is 4.39. The van der Waals surface area contributed by atoms with Crippen LogP contribution in [0.2, 0.25) is 0 Å². The van der Waals surface area contributed by atoms with Crippen molar-refractivity contribution in [2.24, 2.45) is 7.05 Å². The van der Waals surface area contributed by atoms with E-state index in [2.05, 4.69) is 20.4 Å². The summed E-state index contributed by atoms with van der Waals surface area (Å²) in [4.78, 5) is 0. The van der Waals surface area contributed by atoms with Crippen molar-refractivity contribution >= 4 is 0 Å². The lowest BCUT2D eigenvalue weighted by Crippen LogP contribution is -2.24. The highest BCUT2D eigenvalue weighted by Gasteiger charge is 2.31. The van der Waals surface area contributed by atoms with Crippen LogP contribution in [0.3, 0.4) is 0 Å². The molecule has 0 aliphatic heterocycles. The van der Waals surface area contributed by atoms with Crippen LogP contribution in [0.15, 0.2) is 30.5 Å². The Hall–Kier alpha value is -2.09. The van der Waals surface area contributed by atoms with Crippen LogP contribution in [0.1, 0.15) is 24.2 Å². The van der Waals surface area contributed by atoms with Crippen molar-refractivity contribution in [2.45, 2.75) is 19.3 Å². The molecule has 2 aromatic rings. The van der Waals surface area contributed by atoms with Gasteiger partial charge >= 0.3 is 6.36 Å². The van der Waals surface area contributed by atoms with Crippen LogP contribution in [0, 0.1) is 0 Å². The van der Waals surface area contributed by atoms with E-state index in [0.717, 1.165) is 11.3 Å². The quantitative estimate of drug-likeness (QED) is 0.921. The lowest BCUT2D eigenvalue weighted by Gasteiger charge is -2.18. The van der Waals surface area contributed by atoms with E-state index in [1.54, 1.807) is 30.1 Å². The highest BCUT2D eigenvalue weighted by molar-refractivity contribution is 5.33. The molecular formula is C13H15F3N4O. The van der Waals surface area contributed by atoms with E-state index in [1.165, 1.54) is 12.1 Å². The Morgan fingerprint density at radius 3 is 2.43 bits per heavy atom. The number of nitrogens with zero attached hydrogens (tertiary/aromatic N) is 3. The maximum absolute atomic E-state index is 12.1. The summed E-state index contributed by atoms with van der Waals surface area (Å²) in [6, 6.07) is 5.55. The monoisotopic (exact) mass is 300 g/mol. The summed E-state index contributed by atoms with van der Waals surface area (Å²) >= 11 is 0. The van der Waals surface area contributed by atoms with Crippen molar-refractivity contribution in [3.63, 3.8) is 0 Å². The number of alkyl halides is 3. The van der Waals surface area contributed by atoms with Crippen LogP contribution in [0.5, 0.6) is 5.75 Å². The number of halogens is 3. The van der Waals surface area contributed by atoms with Crippen molar-refractivity contribution in [2.75, 3.05) is 6.54 Å². The first kappa shape index (κ1) is 15.3. The second kappa shape index (κ2) is 6.13. The van der Waals surface area contributed by atoms with E-state index in [4.69, 9.17) is 0 Å². The number of ether oxygens (including phenoxy) is 1. The Morgan fingerprint density at radius 2 is 1.95 bits per heavy atom. The molecule has 0 spiro atoms. The number of hydrogen-bond acceptors (Lipinski definition) is 4. The smallest absolute Gasteiger partial charge is 0.406 e. The molecule has 0 radical (unpaired) electrons. The summed E-state index contributed by atoms with van der Waals surface area (Å²) in [5, 5.41) is 10.9. The van der Waals surface area contributed by atoms with Gasteiger partial charge in [-0.15, -0.1) is 18.3 Å². The zero-order valence-electron chi connectivity index (χ0n) is 11.6. The van der Waals surface area contributed by atoms with Crippen LogP contribution >= 0.6 is 0 Å². The topological polar surface area (TPSA) is 52.0 Å². The molecule has 8 heteroatoms. The third kappa shape index (κ3) is 3.94. The van der Waals surface area contributed by atoms with Crippen molar-refractivity contribution in [1.82, 2.24) is 20.3 Å². The standard InChI is InChI=1S/C13H15F3N4O/c1-3-17-12(11-8-18-19-20(11)2)9-4-6-10(7-5-9)21-13(14,15)16/h4-8,12,17H,3H2,1-2H3. The average Bonchev–Trinajstić information content (AvgIpc) is 2.81. The van der Waals surface area contributed by atoms with Gasteiger partial charge in [0.2, 0.25) is 0 Å². The van der Waals surface area contributed by atoms with Gasteiger partial charge in [0, 0.05) is 7.05 Å². The Morgan fingerprint density at radius 1 is 1.29 bits per heavy atom. The van der Waals surface area contributed by atoms with E-state index >= 15 is 0 Å². The summed E-state index contributed by atoms with van der Waals surface area (Å²) in [5.74, 6) is -0.246. The molecule has 0 fully saturated rings. The minimum Gasteiger partial charge on any atom is -0.406 e. The highest BCUT2D eigenvalue weighted by atomic mass is 19.4. The van der Waals surface area contributed by atoms with Crippen molar-refractivity contribution < 1.29 is 17.9 Å². The molecule has 0 saturated carbocycles. The molecule has 21 heavy (non-hydrogen) atoms. The molecule has 114 valence electrons. The van der Waals surface area contributed by atoms with Crippen molar-refractivity contribution in [3.05, 3.63) is 41.7 Å². The third-order valence-electron chi connectivity index (χ3n) is 2.90. The van der Waals surface area contributed by atoms with E-state index in [9.17, 15) is 13.2 Å². The maximum atomic E-state index is 12.1. The van der Waals surface area contributed by atoms with Crippen LogP contribution in [0.25, 0.3) is 0 Å². The molecule has 0 aliphatic carbocycles. The van der Waals surface area contributed by atoms with Crippen molar-refractivity contribution in [3.8, 4) is 5.75 Å². The Labute approximate surface area is 119 Å². The zero-order valence-corrected chi connectivity index (χ0v) is 11.6. The summed E-state index contributed by atoms with van der Waals surface area (Å²) in [5.41, 5.74) is 1.62. The first-order valence-corrected chi connectivity index (χ1v) is 6.34. The number of nitrogens with one attached hydrogen (secondary N) is 1. The molecule has 5 nitrogen and oxygen atoms in total. The van der Waals surface area contributed by atoms with Crippen LogP contribution < -0.4 is 10.1 Å². The predicted octanol–water partition coefficient (Wildman–Crippen LogP) is 2.41. The van der Waals surface area contributed by atoms with Crippen LogP contribution in [-0.2, 0) is 7.05 Å². The second-order valence-electron chi connectivity index (χ2n) is 4.39. The summed E-state index contributed by atoms with van der Waals surface area (Å²) < 4.78 is 41.9. The first-order valence-electron chi connectivity index (χ1n) is 6.34. The molecule has 1 unspecified atom stereocenters. The van der Waals surface area contributed by atoms with Gasteiger partial charge in [0.05, 0.1) is 17.9 Å². The molecule has 1 aromatic heterocycles.